The fourth-order valence-corrected chi connectivity index (χ4v) is 2.57. The van der Waals surface area contributed by atoms with Crippen molar-refractivity contribution in [3.63, 3.8) is 0 Å². The molecule has 0 spiro atoms. The molecule has 0 saturated heterocycles. The minimum absolute atomic E-state index is 0.291. The van der Waals surface area contributed by atoms with Gasteiger partial charge in [0.2, 0.25) is 0 Å². The van der Waals surface area contributed by atoms with Crippen molar-refractivity contribution in [2.75, 3.05) is 5.32 Å². The second kappa shape index (κ2) is 6.16. The van der Waals surface area contributed by atoms with Gasteiger partial charge in [-0.1, -0.05) is 6.07 Å². The summed E-state index contributed by atoms with van der Waals surface area (Å²) in [6.07, 6.45) is 5.23. The van der Waals surface area contributed by atoms with E-state index in [-0.39, 0.29) is 11.7 Å². The van der Waals surface area contributed by atoms with Gasteiger partial charge in [-0.3, -0.25) is 4.79 Å². The number of halogens is 1. The Kier molecular flexibility index (Phi) is 3.70. The minimum atomic E-state index is -0.303. The predicted octanol–water partition coefficient (Wildman–Crippen LogP) is 3.79. The maximum atomic E-state index is 13.1. The molecule has 3 heterocycles. The quantitative estimate of drug-likeness (QED) is 0.621. The number of carbonyl (C=O) groups is 1. The maximum Gasteiger partial charge on any atom is 0.260 e. The summed E-state index contributed by atoms with van der Waals surface area (Å²) < 4.78 is 14.9. The molecule has 0 unspecified atom stereocenters. The van der Waals surface area contributed by atoms with E-state index < -0.39 is 0 Å². The molecule has 3 aromatic heterocycles. The van der Waals surface area contributed by atoms with Gasteiger partial charge in [-0.15, -0.1) is 0 Å². The molecule has 1 N–H and O–H groups in total. The van der Waals surface area contributed by atoms with Crippen molar-refractivity contribution in [1.82, 2.24) is 14.4 Å². The first kappa shape index (κ1) is 15.0. The van der Waals surface area contributed by atoms with Crippen molar-refractivity contribution in [3.05, 3.63) is 84.6 Å². The van der Waals surface area contributed by atoms with Crippen LogP contribution in [0.25, 0.3) is 16.9 Å². The molecule has 1 aromatic carbocycles. The molecule has 1 amide bonds. The first-order chi connectivity index (χ1) is 12.2. The number of nitrogens with zero attached hydrogens (tertiary/aromatic N) is 3. The number of pyridine rings is 2. The van der Waals surface area contributed by atoms with E-state index in [1.54, 1.807) is 59.3 Å². The van der Waals surface area contributed by atoms with Crippen molar-refractivity contribution >= 4 is 17.4 Å². The molecule has 0 radical (unpaired) electrons. The van der Waals surface area contributed by atoms with Gasteiger partial charge in [0, 0.05) is 24.2 Å². The van der Waals surface area contributed by atoms with Crippen LogP contribution in [0.2, 0.25) is 0 Å². The molecule has 0 aliphatic carbocycles. The molecule has 25 heavy (non-hydrogen) atoms. The summed E-state index contributed by atoms with van der Waals surface area (Å²) in [6.45, 7) is 0. The van der Waals surface area contributed by atoms with Crippen LogP contribution in [0.3, 0.4) is 0 Å². The highest BCUT2D eigenvalue weighted by Crippen LogP contribution is 2.21. The monoisotopic (exact) mass is 332 g/mol. The predicted molar refractivity (Wildman–Crippen MR) is 92.8 cm³/mol. The highest BCUT2D eigenvalue weighted by Gasteiger charge is 2.14. The van der Waals surface area contributed by atoms with Gasteiger partial charge in [-0.2, -0.15) is 0 Å². The fraction of sp³-hybridized carbons (Fsp3) is 0. The molecule has 0 bridgehead atoms. The second-order valence-electron chi connectivity index (χ2n) is 5.45. The number of hydrogen-bond acceptors (Lipinski definition) is 3. The van der Waals surface area contributed by atoms with Gasteiger partial charge in [0.05, 0.1) is 11.3 Å². The van der Waals surface area contributed by atoms with Crippen LogP contribution in [-0.4, -0.2) is 20.3 Å². The molecule has 0 fully saturated rings. The molecule has 6 heteroatoms. The Morgan fingerprint density at radius 1 is 1.04 bits per heavy atom. The van der Waals surface area contributed by atoms with Crippen molar-refractivity contribution in [2.45, 2.75) is 0 Å². The molecular formula is C19H13FN4O. The number of carbonyl (C=O) groups excluding carboxylic acids is 1. The van der Waals surface area contributed by atoms with E-state index in [9.17, 15) is 9.18 Å². The van der Waals surface area contributed by atoms with Crippen molar-refractivity contribution < 1.29 is 9.18 Å². The lowest BCUT2D eigenvalue weighted by molar-refractivity contribution is 0.102. The Morgan fingerprint density at radius 2 is 1.88 bits per heavy atom. The average Bonchev–Trinajstić information content (AvgIpc) is 3.07. The standard InChI is InChI=1S/C19H13FN4O/c20-14-8-6-13(7-9-14)16-12-24-11-3-4-15(18(24)22-16)19(25)23-17-5-1-2-10-21-17/h1-12H,(H,21,23,25). The van der Waals surface area contributed by atoms with E-state index in [1.165, 1.54) is 12.1 Å². The Morgan fingerprint density at radius 3 is 2.64 bits per heavy atom. The van der Waals surface area contributed by atoms with E-state index in [2.05, 4.69) is 15.3 Å². The molecular weight excluding hydrogens is 319 g/mol. The zero-order valence-corrected chi connectivity index (χ0v) is 13.1. The van der Waals surface area contributed by atoms with Crippen LogP contribution < -0.4 is 5.32 Å². The van der Waals surface area contributed by atoms with Gasteiger partial charge in [-0.05, 0) is 48.5 Å². The maximum absolute atomic E-state index is 13.1. The highest BCUT2D eigenvalue weighted by molar-refractivity contribution is 6.08. The molecule has 0 aliphatic rings. The lowest BCUT2D eigenvalue weighted by Gasteiger charge is -2.05. The van der Waals surface area contributed by atoms with E-state index >= 15 is 0 Å². The third-order valence-electron chi connectivity index (χ3n) is 3.77. The summed E-state index contributed by atoms with van der Waals surface area (Å²) in [7, 11) is 0. The number of aromatic nitrogens is 3. The Balaban J connectivity index is 1.72. The van der Waals surface area contributed by atoms with E-state index in [0.29, 0.717) is 22.7 Å². The smallest absolute Gasteiger partial charge is 0.260 e. The van der Waals surface area contributed by atoms with Crippen molar-refractivity contribution in [3.8, 4) is 11.3 Å². The first-order valence-corrected chi connectivity index (χ1v) is 7.67. The van der Waals surface area contributed by atoms with Crippen LogP contribution in [0.15, 0.2) is 73.2 Å². The number of anilines is 1. The second-order valence-corrected chi connectivity index (χ2v) is 5.45. The summed E-state index contributed by atoms with van der Waals surface area (Å²) in [4.78, 5) is 21.2. The van der Waals surface area contributed by atoms with E-state index in [1.807, 2.05) is 6.20 Å². The molecule has 0 saturated carbocycles. The van der Waals surface area contributed by atoms with Crippen LogP contribution in [-0.2, 0) is 0 Å². The third-order valence-corrected chi connectivity index (χ3v) is 3.77. The summed E-state index contributed by atoms with van der Waals surface area (Å²) >= 11 is 0. The highest BCUT2D eigenvalue weighted by atomic mass is 19.1. The normalized spacial score (nSPS) is 10.8. The Bertz CT molecular complexity index is 1040. The minimum Gasteiger partial charge on any atom is -0.306 e. The van der Waals surface area contributed by atoms with Crippen LogP contribution in [0, 0.1) is 5.82 Å². The Hall–Kier alpha value is -3.54. The molecule has 4 rings (SSSR count). The molecule has 0 aliphatic heterocycles. The van der Waals surface area contributed by atoms with Gasteiger partial charge in [0.15, 0.2) is 0 Å². The average molecular weight is 332 g/mol. The van der Waals surface area contributed by atoms with Crippen molar-refractivity contribution in [1.29, 1.82) is 0 Å². The summed E-state index contributed by atoms with van der Waals surface area (Å²) in [6, 6.07) is 14.8. The number of benzene rings is 1. The van der Waals surface area contributed by atoms with Crippen LogP contribution in [0.5, 0.6) is 0 Å². The SMILES string of the molecule is O=C(Nc1ccccn1)c1cccn2cc(-c3ccc(F)cc3)nc12. The van der Waals surface area contributed by atoms with Crippen LogP contribution >= 0.6 is 0 Å². The third kappa shape index (κ3) is 2.97. The number of imidazole rings is 1. The molecule has 122 valence electrons. The number of nitrogens with one attached hydrogen (secondary N) is 1. The lowest BCUT2D eigenvalue weighted by atomic mass is 10.2. The Labute approximate surface area is 142 Å². The lowest BCUT2D eigenvalue weighted by Crippen LogP contribution is -2.14. The number of hydrogen-bond donors (Lipinski definition) is 1. The van der Waals surface area contributed by atoms with Crippen LogP contribution in [0.4, 0.5) is 10.2 Å². The van der Waals surface area contributed by atoms with Gasteiger partial charge in [0.1, 0.15) is 17.3 Å². The zero-order chi connectivity index (χ0) is 17.2. The topological polar surface area (TPSA) is 59.3 Å². The van der Waals surface area contributed by atoms with Gasteiger partial charge >= 0.3 is 0 Å². The number of rotatable bonds is 3. The van der Waals surface area contributed by atoms with Gasteiger partial charge < -0.3 is 9.72 Å². The van der Waals surface area contributed by atoms with Gasteiger partial charge in [-0.25, -0.2) is 14.4 Å². The number of fused-ring (bicyclic) bond motifs is 1. The van der Waals surface area contributed by atoms with Crippen molar-refractivity contribution in [2.24, 2.45) is 0 Å². The summed E-state index contributed by atoms with van der Waals surface area (Å²) in [5.41, 5.74) is 2.40. The largest absolute Gasteiger partial charge is 0.306 e. The van der Waals surface area contributed by atoms with Gasteiger partial charge in [0.25, 0.3) is 5.91 Å². The molecule has 0 atom stereocenters. The fourth-order valence-electron chi connectivity index (χ4n) is 2.57. The summed E-state index contributed by atoms with van der Waals surface area (Å²) in [5, 5.41) is 2.75. The molecule has 5 nitrogen and oxygen atoms in total. The summed E-state index contributed by atoms with van der Waals surface area (Å²) in [5.74, 6) is -0.122. The van der Waals surface area contributed by atoms with Crippen LogP contribution in [0.1, 0.15) is 10.4 Å². The zero-order valence-electron chi connectivity index (χ0n) is 13.1. The first-order valence-electron chi connectivity index (χ1n) is 7.67. The molecule has 4 aromatic rings. The van der Waals surface area contributed by atoms with E-state index in [4.69, 9.17) is 0 Å². The number of amides is 1. The van der Waals surface area contributed by atoms with E-state index in [0.717, 1.165) is 5.56 Å².